The highest BCUT2D eigenvalue weighted by molar-refractivity contribution is 6.30. The SMILES string of the molecule is Cc1cc(C(=O)NCc2ccncc2)nc(NCc2ccc(Cl)cc2)n1. The molecule has 0 saturated carbocycles. The van der Waals surface area contributed by atoms with Gasteiger partial charge in [0.25, 0.3) is 5.91 Å². The van der Waals surface area contributed by atoms with Crippen LogP contribution in [0.5, 0.6) is 0 Å². The molecule has 2 N–H and O–H groups in total. The molecule has 2 heterocycles. The number of aromatic nitrogens is 3. The zero-order chi connectivity index (χ0) is 18.4. The van der Waals surface area contributed by atoms with E-state index in [4.69, 9.17) is 11.6 Å². The summed E-state index contributed by atoms with van der Waals surface area (Å²) in [5.41, 5.74) is 3.06. The maximum absolute atomic E-state index is 12.4. The minimum Gasteiger partial charge on any atom is -0.350 e. The second-order valence-electron chi connectivity index (χ2n) is 5.74. The fourth-order valence-corrected chi connectivity index (χ4v) is 2.45. The third-order valence-electron chi connectivity index (χ3n) is 3.65. The Morgan fingerprint density at radius 2 is 1.69 bits per heavy atom. The molecule has 3 aromatic rings. The van der Waals surface area contributed by atoms with E-state index in [1.165, 1.54) is 0 Å². The molecule has 132 valence electrons. The molecule has 0 saturated heterocycles. The van der Waals surface area contributed by atoms with Crippen molar-refractivity contribution in [3.63, 3.8) is 0 Å². The first-order valence-electron chi connectivity index (χ1n) is 8.11. The lowest BCUT2D eigenvalue weighted by molar-refractivity contribution is 0.0945. The normalized spacial score (nSPS) is 10.4. The Labute approximate surface area is 156 Å². The minimum absolute atomic E-state index is 0.248. The van der Waals surface area contributed by atoms with Gasteiger partial charge < -0.3 is 10.6 Å². The first-order chi connectivity index (χ1) is 12.6. The summed E-state index contributed by atoms with van der Waals surface area (Å²) in [5.74, 6) is 0.163. The number of benzene rings is 1. The Hall–Kier alpha value is -2.99. The Balaban J connectivity index is 1.64. The van der Waals surface area contributed by atoms with Gasteiger partial charge in [-0.25, -0.2) is 9.97 Å². The van der Waals surface area contributed by atoms with Crippen LogP contribution in [0.15, 0.2) is 54.9 Å². The predicted molar refractivity (Wildman–Crippen MR) is 101 cm³/mol. The van der Waals surface area contributed by atoms with Gasteiger partial charge in [-0.1, -0.05) is 23.7 Å². The number of aryl methyl sites for hydroxylation is 1. The molecule has 0 spiro atoms. The molecule has 0 aliphatic carbocycles. The second kappa shape index (κ2) is 8.40. The zero-order valence-corrected chi connectivity index (χ0v) is 15.0. The highest BCUT2D eigenvalue weighted by Crippen LogP contribution is 2.11. The molecule has 3 rings (SSSR count). The van der Waals surface area contributed by atoms with Crippen molar-refractivity contribution in [2.45, 2.75) is 20.0 Å². The number of nitrogens with zero attached hydrogens (tertiary/aromatic N) is 3. The van der Waals surface area contributed by atoms with Crippen LogP contribution in [-0.2, 0) is 13.1 Å². The molecule has 1 aromatic carbocycles. The van der Waals surface area contributed by atoms with Crippen molar-refractivity contribution in [1.29, 1.82) is 0 Å². The number of pyridine rings is 1. The lowest BCUT2D eigenvalue weighted by Crippen LogP contribution is -2.24. The predicted octanol–water partition coefficient (Wildman–Crippen LogP) is 3.38. The van der Waals surface area contributed by atoms with Crippen LogP contribution >= 0.6 is 11.6 Å². The van der Waals surface area contributed by atoms with E-state index in [1.807, 2.05) is 43.3 Å². The van der Waals surface area contributed by atoms with Gasteiger partial charge in [0.15, 0.2) is 0 Å². The highest BCUT2D eigenvalue weighted by atomic mass is 35.5. The van der Waals surface area contributed by atoms with Crippen LogP contribution in [0.25, 0.3) is 0 Å². The third-order valence-corrected chi connectivity index (χ3v) is 3.91. The number of anilines is 1. The van der Waals surface area contributed by atoms with E-state index in [0.29, 0.717) is 35.4 Å². The first kappa shape index (κ1) is 17.8. The van der Waals surface area contributed by atoms with E-state index in [-0.39, 0.29) is 5.91 Å². The van der Waals surface area contributed by atoms with E-state index in [0.717, 1.165) is 11.1 Å². The van der Waals surface area contributed by atoms with Crippen LogP contribution in [0.4, 0.5) is 5.95 Å². The summed E-state index contributed by atoms with van der Waals surface area (Å²) >= 11 is 5.89. The van der Waals surface area contributed by atoms with E-state index in [2.05, 4.69) is 25.6 Å². The zero-order valence-electron chi connectivity index (χ0n) is 14.2. The number of rotatable bonds is 6. The molecule has 7 heteroatoms. The lowest BCUT2D eigenvalue weighted by atomic mass is 10.2. The summed E-state index contributed by atoms with van der Waals surface area (Å²) in [5, 5.41) is 6.68. The van der Waals surface area contributed by atoms with Crippen LogP contribution in [-0.4, -0.2) is 20.9 Å². The molecule has 1 amide bonds. The van der Waals surface area contributed by atoms with Gasteiger partial charge >= 0.3 is 0 Å². The summed E-state index contributed by atoms with van der Waals surface area (Å²) in [7, 11) is 0. The van der Waals surface area contributed by atoms with Crippen molar-refractivity contribution in [2.75, 3.05) is 5.32 Å². The van der Waals surface area contributed by atoms with Crippen molar-refractivity contribution in [2.24, 2.45) is 0 Å². The Morgan fingerprint density at radius 3 is 2.42 bits per heavy atom. The first-order valence-corrected chi connectivity index (χ1v) is 8.49. The van der Waals surface area contributed by atoms with Crippen molar-refractivity contribution in [3.8, 4) is 0 Å². The summed E-state index contributed by atoms with van der Waals surface area (Å²) in [4.78, 5) is 25.0. The average Bonchev–Trinajstić information content (AvgIpc) is 2.66. The van der Waals surface area contributed by atoms with E-state index < -0.39 is 0 Å². The fraction of sp³-hybridized carbons (Fsp3) is 0.158. The van der Waals surface area contributed by atoms with Crippen molar-refractivity contribution in [1.82, 2.24) is 20.3 Å². The molecule has 6 nitrogen and oxygen atoms in total. The van der Waals surface area contributed by atoms with Crippen LogP contribution in [0.1, 0.15) is 27.3 Å². The minimum atomic E-state index is -0.248. The van der Waals surface area contributed by atoms with Crippen LogP contribution in [0.3, 0.4) is 0 Å². The van der Waals surface area contributed by atoms with Gasteiger partial charge in [-0.3, -0.25) is 9.78 Å². The maximum Gasteiger partial charge on any atom is 0.270 e. The van der Waals surface area contributed by atoms with Crippen molar-refractivity contribution in [3.05, 3.63) is 82.4 Å². The molecular formula is C19H18ClN5O. The number of hydrogen-bond donors (Lipinski definition) is 2. The quantitative estimate of drug-likeness (QED) is 0.698. The van der Waals surface area contributed by atoms with Crippen molar-refractivity contribution < 1.29 is 4.79 Å². The molecule has 2 aromatic heterocycles. The molecule has 0 aliphatic heterocycles. The highest BCUT2D eigenvalue weighted by Gasteiger charge is 2.10. The lowest BCUT2D eigenvalue weighted by Gasteiger charge is -2.09. The Morgan fingerprint density at radius 1 is 1.00 bits per heavy atom. The molecule has 0 aliphatic rings. The third kappa shape index (κ3) is 5.00. The molecule has 0 radical (unpaired) electrons. The summed E-state index contributed by atoms with van der Waals surface area (Å²) < 4.78 is 0. The summed E-state index contributed by atoms with van der Waals surface area (Å²) in [6.45, 7) is 2.78. The smallest absolute Gasteiger partial charge is 0.270 e. The fourth-order valence-electron chi connectivity index (χ4n) is 2.32. The average molecular weight is 368 g/mol. The number of amides is 1. The van der Waals surface area contributed by atoms with Crippen LogP contribution in [0.2, 0.25) is 5.02 Å². The molecule has 0 fully saturated rings. The standard InChI is InChI=1S/C19H18ClN5O/c1-13-10-17(18(26)22-11-15-6-8-21-9-7-15)25-19(24-13)23-12-14-2-4-16(20)5-3-14/h2-10H,11-12H2,1H3,(H,22,26)(H,23,24,25). The number of hydrogen-bond acceptors (Lipinski definition) is 5. The van der Waals surface area contributed by atoms with E-state index in [9.17, 15) is 4.79 Å². The van der Waals surface area contributed by atoms with E-state index >= 15 is 0 Å². The molecule has 0 unspecified atom stereocenters. The van der Waals surface area contributed by atoms with Gasteiger partial charge in [-0.05, 0) is 48.4 Å². The van der Waals surface area contributed by atoms with Gasteiger partial charge in [-0.2, -0.15) is 0 Å². The maximum atomic E-state index is 12.4. The molecule has 0 bridgehead atoms. The van der Waals surface area contributed by atoms with Gasteiger partial charge in [0, 0.05) is 36.2 Å². The largest absolute Gasteiger partial charge is 0.350 e. The molecule has 0 atom stereocenters. The van der Waals surface area contributed by atoms with Gasteiger partial charge in [-0.15, -0.1) is 0 Å². The topological polar surface area (TPSA) is 79.8 Å². The summed E-state index contributed by atoms with van der Waals surface area (Å²) in [6, 6.07) is 12.9. The Bertz CT molecular complexity index is 884. The van der Waals surface area contributed by atoms with E-state index in [1.54, 1.807) is 18.5 Å². The van der Waals surface area contributed by atoms with Gasteiger partial charge in [0.2, 0.25) is 5.95 Å². The number of halogens is 1. The van der Waals surface area contributed by atoms with Gasteiger partial charge in [0.05, 0.1) is 0 Å². The number of carbonyl (C=O) groups is 1. The van der Waals surface area contributed by atoms with Crippen LogP contribution < -0.4 is 10.6 Å². The van der Waals surface area contributed by atoms with Crippen molar-refractivity contribution >= 4 is 23.5 Å². The summed E-state index contributed by atoms with van der Waals surface area (Å²) in [6.07, 6.45) is 3.38. The Kier molecular flexibility index (Phi) is 5.76. The molecule has 26 heavy (non-hydrogen) atoms. The molecular weight excluding hydrogens is 350 g/mol. The number of nitrogens with one attached hydrogen (secondary N) is 2. The van der Waals surface area contributed by atoms with Crippen LogP contribution in [0, 0.1) is 6.92 Å². The monoisotopic (exact) mass is 367 g/mol. The second-order valence-corrected chi connectivity index (χ2v) is 6.17. The number of carbonyl (C=O) groups excluding carboxylic acids is 1. The van der Waals surface area contributed by atoms with Gasteiger partial charge in [0.1, 0.15) is 5.69 Å².